The zero-order valence-electron chi connectivity index (χ0n) is 12.9. The highest BCUT2D eigenvalue weighted by Crippen LogP contribution is 2.18. The van der Waals surface area contributed by atoms with E-state index in [2.05, 4.69) is 20.7 Å². The Bertz CT molecular complexity index is 850. The lowest BCUT2D eigenvalue weighted by molar-refractivity contribution is -0.122. The summed E-state index contributed by atoms with van der Waals surface area (Å²) in [5.74, 6) is -0.262. The molecule has 1 aliphatic heterocycles. The predicted octanol–water partition coefficient (Wildman–Crippen LogP) is 0.169. The lowest BCUT2D eigenvalue weighted by Crippen LogP contribution is -2.42. The van der Waals surface area contributed by atoms with Gasteiger partial charge in [0.1, 0.15) is 6.54 Å². The Morgan fingerprint density at radius 3 is 2.67 bits per heavy atom. The topological polar surface area (TPSA) is 107 Å². The zero-order valence-corrected chi connectivity index (χ0v) is 14.5. The van der Waals surface area contributed by atoms with E-state index < -0.39 is 27.2 Å². The number of tetrazole rings is 1. The molecule has 1 aromatic heterocycles. The SMILES string of the molecule is Cc1ccc(-c2nnn(CC(=O)N[C@@H]3CS(=O)(=O)C[C@H]3Cl)n2)cc1. The van der Waals surface area contributed by atoms with Gasteiger partial charge in [-0.15, -0.1) is 21.8 Å². The van der Waals surface area contributed by atoms with E-state index in [9.17, 15) is 13.2 Å². The highest BCUT2D eigenvalue weighted by Gasteiger charge is 2.37. The summed E-state index contributed by atoms with van der Waals surface area (Å²) in [5, 5.41) is 13.9. The smallest absolute Gasteiger partial charge is 0.243 e. The monoisotopic (exact) mass is 369 g/mol. The van der Waals surface area contributed by atoms with Crippen molar-refractivity contribution in [2.24, 2.45) is 0 Å². The maximum Gasteiger partial charge on any atom is 0.243 e. The number of hydrogen-bond acceptors (Lipinski definition) is 6. The van der Waals surface area contributed by atoms with Crippen LogP contribution in [0, 0.1) is 6.92 Å². The number of aromatic nitrogens is 4. The van der Waals surface area contributed by atoms with Gasteiger partial charge in [0, 0.05) is 5.56 Å². The van der Waals surface area contributed by atoms with Gasteiger partial charge in [-0.25, -0.2) is 8.42 Å². The number of alkyl halides is 1. The fourth-order valence-electron chi connectivity index (χ4n) is 2.45. The minimum absolute atomic E-state index is 0.126. The second-order valence-corrected chi connectivity index (χ2v) is 8.49. The summed E-state index contributed by atoms with van der Waals surface area (Å²) in [6, 6.07) is 7.02. The molecule has 8 nitrogen and oxygen atoms in total. The second kappa shape index (κ2) is 6.48. The van der Waals surface area contributed by atoms with Crippen molar-refractivity contribution in [1.82, 2.24) is 25.5 Å². The zero-order chi connectivity index (χ0) is 17.3. The van der Waals surface area contributed by atoms with Crippen molar-refractivity contribution in [2.75, 3.05) is 11.5 Å². The van der Waals surface area contributed by atoms with Crippen molar-refractivity contribution in [2.45, 2.75) is 24.9 Å². The Labute approximate surface area is 144 Å². The van der Waals surface area contributed by atoms with Crippen molar-refractivity contribution in [1.29, 1.82) is 0 Å². The molecule has 0 saturated carbocycles. The maximum absolute atomic E-state index is 12.0. The maximum atomic E-state index is 12.0. The van der Waals surface area contributed by atoms with E-state index in [1.807, 2.05) is 31.2 Å². The molecule has 10 heteroatoms. The number of amides is 1. The third kappa shape index (κ3) is 3.90. The van der Waals surface area contributed by atoms with E-state index in [-0.39, 0.29) is 18.1 Å². The number of nitrogens with zero attached hydrogens (tertiary/aromatic N) is 4. The molecule has 24 heavy (non-hydrogen) atoms. The molecule has 0 spiro atoms. The van der Waals surface area contributed by atoms with Gasteiger partial charge in [-0.05, 0) is 12.1 Å². The Morgan fingerprint density at radius 1 is 1.33 bits per heavy atom. The van der Waals surface area contributed by atoms with E-state index in [0.717, 1.165) is 15.9 Å². The van der Waals surface area contributed by atoms with Crippen LogP contribution >= 0.6 is 11.6 Å². The van der Waals surface area contributed by atoms with Gasteiger partial charge in [0.15, 0.2) is 9.84 Å². The van der Waals surface area contributed by atoms with Crippen molar-refractivity contribution >= 4 is 27.3 Å². The minimum atomic E-state index is -3.20. The van der Waals surface area contributed by atoms with Gasteiger partial charge in [-0.1, -0.05) is 29.8 Å². The first kappa shape index (κ1) is 16.8. The van der Waals surface area contributed by atoms with Crippen molar-refractivity contribution in [3.8, 4) is 11.4 Å². The molecule has 1 aliphatic rings. The number of sulfone groups is 1. The summed E-state index contributed by atoms with van der Waals surface area (Å²) in [6.45, 7) is 1.82. The van der Waals surface area contributed by atoms with Crippen LogP contribution in [0.25, 0.3) is 11.4 Å². The summed E-state index contributed by atoms with van der Waals surface area (Å²) < 4.78 is 23.0. The third-order valence-corrected chi connectivity index (χ3v) is 6.05. The van der Waals surface area contributed by atoms with Gasteiger partial charge in [0.2, 0.25) is 11.7 Å². The first-order valence-corrected chi connectivity index (χ1v) is 9.57. The molecular weight excluding hydrogens is 354 g/mol. The van der Waals surface area contributed by atoms with Crippen LogP contribution in [0.3, 0.4) is 0 Å². The number of aryl methyl sites for hydroxylation is 1. The average molecular weight is 370 g/mol. The molecule has 1 N–H and O–H groups in total. The van der Waals surface area contributed by atoms with E-state index in [1.165, 1.54) is 0 Å². The number of halogens is 1. The van der Waals surface area contributed by atoms with Crippen molar-refractivity contribution in [3.63, 3.8) is 0 Å². The molecule has 128 valence electrons. The van der Waals surface area contributed by atoms with Crippen molar-refractivity contribution < 1.29 is 13.2 Å². The van der Waals surface area contributed by atoms with Crippen LogP contribution < -0.4 is 5.32 Å². The van der Waals surface area contributed by atoms with E-state index in [0.29, 0.717) is 5.82 Å². The summed E-state index contributed by atoms with van der Waals surface area (Å²) in [6.07, 6.45) is 0. The standard InChI is InChI=1S/C14H16ClN5O3S/c1-9-2-4-10(5-3-9)14-17-19-20(18-14)6-13(21)16-12-8-24(22,23)7-11(12)15/h2-5,11-12H,6-8H2,1H3,(H,16,21)/t11-,12-/m1/s1. The molecule has 2 heterocycles. The number of carbonyl (C=O) groups excluding carboxylic acids is 1. The number of nitrogens with one attached hydrogen (secondary N) is 1. The van der Waals surface area contributed by atoms with Crippen LogP contribution in [0.4, 0.5) is 0 Å². The molecule has 0 unspecified atom stereocenters. The highest BCUT2D eigenvalue weighted by molar-refractivity contribution is 7.91. The molecular formula is C14H16ClN5O3S. The van der Waals surface area contributed by atoms with Crippen LogP contribution in [0.1, 0.15) is 5.56 Å². The summed E-state index contributed by atoms with van der Waals surface area (Å²) >= 11 is 5.96. The molecule has 2 atom stereocenters. The summed E-state index contributed by atoms with van der Waals surface area (Å²) in [4.78, 5) is 13.2. The minimum Gasteiger partial charge on any atom is -0.349 e. The van der Waals surface area contributed by atoms with Gasteiger partial charge < -0.3 is 5.32 Å². The quantitative estimate of drug-likeness (QED) is 0.770. The van der Waals surface area contributed by atoms with E-state index in [4.69, 9.17) is 11.6 Å². The van der Waals surface area contributed by atoms with Crippen molar-refractivity contribution in [3.05, 3.63) is 29.8 Å². The number of rotatable bonds is 4. The first-order valence-electron chi connectivity index (χ1n) is 7.31. The molecule has 0 radical (unpaired) electrons. The molecule has 2 aromatic rings. The predicted molar refractivity (Wildman–Crippen MR) is 88.2 cm³/mol. The van der Waals surface area contributed by atoms with Crippen LogP contribution in [0.2, 0.25) is 0 Å². The lowest BCUT2D eigenvalue weighted by atomic mass is 10.1. The van der Waals surface area contributed by atoms with Gasteiger partial charge in [0.25, 0.3) is 0 Å². The molecule has 1 saturated heterocycles. The number of hydrogen-bond donors (Lipinski definition) is 1. The van der Waals surface area contributed by atoms with Gasteiger partial charge in [-0.3, -0.25) is 4.79 Å². The van der Waals surface area contributed by atoms with Crippen LogP contribution in [0.15, 0.2) is 24.3 Å². The molecule has 1 amide bonds. The molecule has 1 fully saturated rings. The van der Waals surface area contributed by atoms with Crippen LogP contribution in [-0.4, -0.2) is 57.5 Å². The Kier molecular flexibility index (Phi) is 4.55. The highest BCUT2D eigenvalue weighted by atomic mass is 35.5. The normalized spacial score (nSPS) is 22.4. The molecule has 3 rings (SSSR count). The van der Waals surface area contributed by atoms with Crippen LogP contribution in [-0.2, 0) is 21.2 Å². The fraction of sp³-hybridized carbons (Fsp3) is 0.429. The fourth-order valence-corrected chi connectivity index (χ4v) is 5.00. The van der Waals surface area contributed by atoms with E-state index >= 15 is 0 Å². The summed E-state index contributed by atoms with van der Waals surface area (Å²) in [5.41, 5.74) is 1.92. The average Bonchev–Trinajstić information content (AvgIpc) is 3.04. The summed E-state index contributed by atoms with van der Waals surface area (Å²) in [7, 11) is -3.20. The number of benzene rings is 1. The van der Waals surface area contributed by atoms with Gasteiger partial charge in [-0.2, -0.15) is 4.80 Å². The number of carbonyl (C=O) groups is 1. The first-order chi connectivity index (χ1) is 11.3. The Morgan fingerprint density at radius 2 is 2.04 bits per heavy atom. The largest absolute Gasteiger partial charge is 0.349 e. The molecule has 1 aromatic carbocycles. The van der Waals surface area contributed by atoms with Gasteiger partial charge in [0.05, 0.1) is 22.9 Å². The lowest BCUT2D eigenvalue weighted by Gasteiger charge is -2.13. The second-order valence-electron chi connectivity index (χ2n) is 5.78. The van der Waals surface area contributed by atoms with Gasteiger partial charge >= 0.3 is 0 Å². The van der Waals surface area contributed by atoms with E-state index in [1.54, 1.807) is 0 Å². The third-order valence-electron chi connectivity index (χ3n) is 3.68. The molecule has 0 aliphatic carbocycles. The molecule has 0 bridgehead atoms. The van der Waals surface area contributed by atoms with Crippen LogP contribution in [0.5, 0.6) is 0 Å². The Hall–Kier alpha value is -2.00. The Balaban J connectivity index is 1.62.